The van der Waals surface area contributed by atoms with Crippen LogP contribution >= 0.6 is 0 Å². The smallest absolute Gasteiger partial charge is 0.378 e. The van der Waals surface area contributed by atoms with Gasteiger partial charge in [0.25, 0.3) is 0 Å². The van der Waals surface area contributed by atoms with Crippen LogP contribution < -0.4 is 5.32 Å². The normalized spacial score (nSPS) is 12.6. The zero-order valence-electron chi connectivity index (χ0n) is 14.2. The number of rotatable bonds is 3. The van der Waals surface area contributed by atoms with E-state index in [0.717, 1.165) is 6.07 Å². The molecule has 0 aliphatic heterocycles. The molecule has 3 aromatic heterocycles. The number of fused-ring (bicyclic) bond motifs is 1. The molecule has 0 saturated carbocycles. The molecular formula is C17H12F4N4O3. The topological polar surface area (TPSA) is 97.2 Å². The highest BCUT2D eigenvalue weighted by Crippen LogP contribution is 2.33. The van der Waals surface area contributed by atoms with Crippen molar-refractivity contribution < 1.29 is 32.5 Å². The summed E-state index contributed by atoms with van der Waals surface area (Å²) in [6.45, 7) is 1.57. The van der Waals surface area contributed by atoms with Crippen LogP contribution in [-0.2, 0) is 4.94 Å². The maximum absolute atomic E-state index is 12.6. The molecule has 0 unspecified atom stereocenters. The van der Waals surface area contributed by atoms with Gasteiger partial charge in [-0.15, -0.1) is 0 Å². The van der Waals surface area contributed by atoms with Gasteiger partial charge < -0.3 is 5.11 Å². The third kappa shape index (κ3) is 3.98. The first-order valence-electron chi connectivity index (χ1n) is 7.76. The molecule has 1 atom stereocenters. The Morgan fingerprint density at radius 1 is 1.11 bits per heavy atom. The summed E-state index contributed by atoms with van der Waals surface area (Å²) in [7, 11) is 0. The van der Waals surface area contributed by atoms with Crippen LogP contribution in [0.1, 0.15) is 17.4 Å². The number of nitrogens with one attached hydrogen (secondary N) is 1. The Labute approximate surface area is 154 Å². The SMILES string of the molecule is Cc1cc([C@H](O)C(F)(F)F)ncc1-c1cc2cnc(NC(=O)OF)cc2cn1. The summed E-state index contributed by atoms with van der Waals surface area (Å²) in [5.74, 6) is 0.0491. The number of pyridine rings is 3. The quantitative estimate of drug-likeness (QED) is 0.649. The van der Waals surface area contributed by atoms with Crippen LogP contribution in [0.15, 0.2) is 36.8 Å². The maximum atomic E-state index is 12.6. The fourth-order valence-electron chi connectivity index (χ4n) is 2.54. The molecular weight excluding hydrogens is 384 g/mol. The second kappa shape index (κ2) is 7.35. The average molecular weight is 396 g/mol. The van der Waals surface area contributed by atoms with Crippen molar-refractivity contribution in [2.24, 2.45) is 0 Å². The van der Waals surface area contributed by atoms with Crippen molar-refractivity contribution >= 4 is 22.7 Å². The Morgan fingerprint density at radius 2 is 1.79 bits per heavy atom. The van der Waals surface area contributed by atoms with E-state index < -0.39 is 24.1 Å². The Bertz CT molecular complexity index is 1040. The zero-order chi connectivity index (χ0) is 20.5. The van der Waals surface area contributed by atoms with Crippen molar-refractivity contribution in [3.8, 4) is 11.3 Å². The van der Waals surface area contributed by atoms with Gasteiger partial charge in [-0.05, 0) is 30.7 Å². The fourth-order valence-corrected chi connectivity index (χ4v) is 2.54. The summed E-state index contributed by atoms with van der Waals surface area (Å²) >= 11 is 0. The molecule has 3 rings (SSSR count). The lowest BCUT2D eigenvalue weighted by molar-refractivity contribution is -0.207. The van der Waals surface area contributed by atoms with Crippen LogP contribution in [0, 0.1) is 6.92 Å². The lowest BCUT2D eigenvalue weighted by Gasteiger charge is -2.15. The van der Waals surface area contributed by atoms with Crippen LogP contribution in [0.25, 0.3) is 22.0 Å². The van der Waals surface area contributed by atoms with E-state index in [1.54, 1.807) is 13.0 Å². The van der Waals surface area contributed by atoms with Gasteiger partial charge in [0.1, 0.15) is 5.82 Å². The Hall–Kier alpha value is -3.34. The van der Waals surface area contributed by atoms with Gasteiger partial charge in [0, 0.05) is 39.5 Å². The summed E-state index contributed by atoms with van der Waals surface area (Å²) < 4.78 is 49.7. The second-order valence-electron chi connectivity index (χ2n) is 5.84. The number of amides is 1. The predicted octanol–water partition coefficient (Wildman–Crippen LogP) is 4.03. The average Bonchev–Trinajstić information content (AvgIpc) is 2.66. The monoisotopic (exact) mass is 396 g/mol. The van der Waals surface area contributed by atoms with Crippen LogP contribution in [0.2, 0.25) is 0 Å². The molecule has 0 spiro atoms. The van der Waals surface area contributed by atoms with Gasteiger partial charge in [-0.3, -0.25) is 15.3 Å². The molecule has 0 aromatic carbocycles. The summed E-state index contributed by atoms with van der Waals surface area (Å²) in [6, 6.07) is 4.22. The molecule has 28 heavy (non-hydrogen) atoms. The van der Waals surface area contributed by atoms with Crippen LogP contribution in [0.4, 0.5) is 28.3 Å². The van der Waals surface area contributed by atoms with Crippen molar-refractivity contribution in [2.75, 3.05) is 5.32 Å². The van der Waals surface area contributed by atoms with E-state index in [4.69, 9.17) is 0 Å². The van der Waals surface area contributed by atoms with Crippen molar-refractivity contribution in [3.63, 3.8) is 0 Å². The molecule has 11 heteroatoms. The summed E-state index contributed by atoms with van der Waals surface area (Å²) in [6.07, 6.45) is -4.74. The largest absolute Gasteiger partial charge is 0.450 e. The minimum absolute atomic E-state index is 0.0491. The van der Waals surface area contributed by atoms with Crippen molar-refractivity contribution in [1.82, 2.24) is 15.0 Å². The Balaban J connectivity index is 1.93. The number of nitrogens with zero attached hydrogens (tertiary/aromatic N) is 3. The molecule has 2 N–H and O–H groups in total. The standard InChI is InChI=1S/C17H12F4N4O3/c1-8-2-13(15(26)17(18,19)20)23-7-11(8)12-3-9-6-24-14(25-16(27)28-21)4-10(9)5-22-12/h2-7,15,26H,1H3,(H,24,25,27)/t15-/m0/s1. The number of carbonyl (C=O) groups is 1. The number of alkyl halides is 3. The molecule has 0 saturated heterocycles. The molecule has 146 valence electrons. The number of halogens is 4. The number of anilines is 1. The minimum Gasteiger partial charge on any atom is -0.378 e. The van der Waals surface area contributed by atoms with E-state index in [9.17, 15) is 27.6 Å². The van der Waals surface area contributed by atoms with Gasteiger partial charge >= 0.3 is 12.3 Å². The summed E-state index contributed by atoms with van der Waals surface area (Å²) in [4.78, 5) is 25.7. The number of aliphatic hydroxyl groups is 1. The highest BCUT2D eigenvalue weighted by Gasteiger charge is 2.40. The van der Waals surface area contributed by atoms with Gasteiger partial charge in [0.05, 0.1) is 11.4 Å². The van der Waals surface area contributed by atoms with Gasteiger partial charge in [-0.2, -0.15) is 13.2 Å². The maximum Gasteiger partial charge on any atom is 0.450 e. The number of aryl methyl sites for hydroxylation is 1. The Morgan fingerprint density at radius 3 is 2.43 bits per heavy atom. The van der Waals surface area contributed by atoms with E-state index in [-0.39, 0.29) is 5.82 Å². The number of hydrogen-bond acceptors (Lipinski definition) is 6. The molecule has 0 radical (unpaired) electrons. The van der Waals surface area contributed by atoms with Crippen LogP contribution in [-0.4, -0.2) is 32.3 Å². The zero-order valence-corrected chi connectivity index (χ0v) is 14.2. The fraction of sp³-hybridized carbons (Fsp3) is 0.176. The third-order valence-electron chi connectivity index (χ3n) is 3.90. The van der Waals surface area contributed by atoms with E-state index in [2.05, 4.69) is 25.2 Å². The van der Waals surface area contributed by atoms with E-state index >= 15 is 0 Å². The number of aromatic nitrogens is 3. The van der Waals surface area contributed by atoms with Crippen LogP contribution in [0.5, 0.6) is 0 Å². The van der Waals surface area contributed by atoms with Crippen molar-refractivity contribution in [1.29, 1.82) is 0 Å². The van der Waals surface area contributed by atoms with Crippen molar-refractivity contribution in [2.45, 2.75) is 19.2 Å². The minimum atomic E-state index is -4.81. The third-order valence-corrected chi connectivity index (χ3v) is 3.90. The molecule has 7 nitrogen and oxygen atoms in total. The van der Waals surface area contributed by atoms with Gasteiger partial charge in [0.15, 0.2) is 6.10 Å². The molecule has 0 bridgehead atoms. The van der Waals surface area contributed by atoms with Gasteiger partial charge in [-0.25, -0.2) is 14.7 Å². The Kier molecular flexibility index (Phi) is 5.10. The molecule has 0 aliphatic carbocycles. The van der Waals surface area contributed by atoms with Crippen LogP contribution in [0.3, 0.4) is 0 Å². The first kappa shape index (κ1) is 19.4. The van der Waals surface area contributed by atoms with E-state index in [0.29, 0.717) is 27.6 Å². The highest BCUT2D eigenvalue weighted by molar-refractivity contribution is 5.90. The number of carbonyl (C=O) groups excluding carboxylic acids is 1. The number of hydrogen-bond donors (Lipinski definition) is 2. The van der Waals surface area contributed by atoms with E-state index in [1.807, 2.05) is 0 Å². The first-order valence-corrected chi connectivity index (χ1v) is 7.76. The number of aliphatic hydroxyl groups excluding tert-OH is 1. The molecule has 0 fully saturated rings. The van der Waals surface area contributed by atoms with E-state index in [1.165, 1.54) is 24.7 Å². The molecule has 0 aliphatic rings. The molecule has 1 amide bonds. The summed E-state index contributed by atoms with van der Waals surface area (Å²) in [5.41, 5.74) is 0.836. The molecule has 3 heterocycles. The highest BCUT2D eigenvalue weighted by atomic mass is 19.4. The van der Waals surface area contributed by atoms with Crippen molar-refractivity contribution in [3.05, 3.63) is 48.0 Å². The molecule has 3 aromatic rings. The predicted molar refractivity (Wildman–Crippen MR) is 89.7 cm³/mol. The summed E-state index contributed by atoms with van der Waals surface area (Å²) in [5, 5.41) is 12.6. The second-order valence-corrected chi connectivity index (χ2v) is 5.84. The lowest BCUT2D eigenvalue weighted by atomic mass is 10.0. The van der Waals surface area contributed by atoms with Gasteiger partial charge in [-0.1, -0.05) is 0 Å². The van der Waals surface area contributed by atoms with Gasteiger partial charge in [0.2, 0.25) is 0 Å². The lowest BCUT2D eigenvalue weighted by Crippen LogP contribution is -2.21. The first-order chi connectivity index (χ1) is 13.2.